The Balaban J connectivity index is 0.000000117. The third-order valence-corrected chi connectivity index (χ3v) is 18.8. The van der Waals surface area contributed by atoms with E-state index in [0.717, 1.165) is 180 Å². The molecule has 0 saturated heterocycles. The molecule has 12 aromatic rings. The number of hydrogen-bond acceptors (Lipinski definition) is 8. The lowest BCUT2D eigenvalue weighted by Crippen LogP contribution is -2.71. The zero-order valence-corrected chi connectivity index (χ0v) is 50.6. The highest BCUT2D eigenvalue weighted by Gasteiger charge is 2.71. The van der Waals surface area contributed by atoms with E-state index in [-0.39, 0.29) is 0 Å². The maximum absolute atomic E-state index is 5.42. The van der Waals surface area contributed by atoms with Crippen LogP contribution in [0, 0.1) is 0 Å². The Morgan fingerprint density at radius 1 is 0.222 bits per heavy atom. The molecule has 0 aliphatic carbocycles. The van der Waals surface area contributed by atoms with Gasteiger partial charge >= 0.3 is 11.8 Å². The van der Waals surface area contributed by atoms with Crippen LogP contribution in [0.2, 0.25) is 0 Å². The quantitative estimate of drug-likeness (QED) is 0.134. The van der Waals surface area contributed by atoms with E-state index in [1.165, 1.54) is 0 Å². The Kier molecular flexibility index (Phi) is 9.90. The van der Waals surface area contributed by atoms with Gasteiger partial charge in [0.1, 0.15) is 0 Å². The van der Waals surface area contributed by atoms with Crippen LogP contribution in [0.5, 0.6) is 0 Å². The van der Waals surface area contributed by atoms with E-state index in [0.29, 0.717) is 0 Å². The molecule has 428 valence electrons. The van der Waals surface area contributed by atoms with Gasteiger partial charge in [0.15, 0.2) is 0 Å². The molecular formula is C74H56N16+4. The lowest BCUT2D eigenvalue weighted by atomic mass is 10.1. The summed E-state index contributed by atoms with van der Waals surface area (Å²) in [5.41, 5.74) is 12.3. The van der Waals surface area contributed by atoms with Crippen LogP contribution in [0.1, 0.15) is 99.9 Å². The first-order valence-electron chi connectivity index (χ1n) is 31.6. The van der Waals surface area contributed by atoms with Crippen molar-refractivity contribution >= 4 is 113 Å². The monoisotopic (exact) mass is 1170 g/mol. The third-order valence-electron chi connectivity index (χ3n) is 18.8. The fourth-order valence-corrected chi connectivity index (χ4v) is 15.8. The standard InChI is InChI=1S/2C33H16N8.4C2H6/c2*1-2-10-18-17(9-1)25-34-27-19-11-3-4-12-20(19)29-36-31-23-15-7-8-16-24(23)32-37-30-22-14-6-5-13-21(22)28-35-26(18)38(25)33(39(27)29,40(28)30)41(31)32;4*1-2/h2*1-16H;4*1-2H3/q2*+2;;;;. The third kappa shape index (κ3) is 5.38. The molecule has 12 aliphatic heterocycles. The van der Waals surface area contributed by atoms with Gasteiger partial charge in [0.05, 0.1) is 44.5 Å². The predicted octanol–water partition coefficient (Wildman–Crippen LogP) is 11.5. The molecule has 0 atom stereocenters. The largest absolute Gasteiger partial charge is 0.404 e. The van der Waals surface area contributed by atoms with Crippen molar-refractivity contribution in [2.24, 2.45) is 39.9 Å². The van der Waals surface area contributed by atoms with Gasteiger partial charge in [-0.25, -0.2) is 0 Å². The van der Waals surface area contributed by atoms with Crippen LogP contribution in [-0.4, -0.2) is 83.3 Å². The average molecular weight is 1170 g/mol. The summed E-state index contributed by atoms with van der Waals surface area (Å²) in [4.78, 5) is 43.3. The first kappa shape index (κ1) is 50.6. The summed E-state index contributed by atoms with van der Waals surface area (Å²) >= 11 is 0. The van der Waals surface area contributed by atoms with Gasteiger partial charge in [-0.2, -0.15) is 18.3 Å². The second kappa shape index (κ2) is 17.6. The van der Waals surface area contributed by atoms with Crippen molar-refractivity contribution in [3.05, 3.63) is 261 Å². The van der Waals surface area contributed by atoms with Gasteiger partial charge in [-0.1, -0.05) is 192 Å². The zero-order chi connectivity index (χ0) is 60.4. The molecule has 16 heteroatoms. The van der Waals surface area contributed by atoms with Crippen LogP contribution in [0.15, 0.2) is 234 Å². The Hall–Kier alpha value is -11.5. The van der Waals surface area contributed by atoms with Crippen LogP contribution >= 0.6 is 0 Å². The van der Waals surface area contributed by atoms with E-state index in [4.69, 9.17) is 39.9 Å². The summed E-state index contributed by atoms with van der Waals surface area (Å²) in [6.07, 6.45) is 0. The smallest absolute Gasteiger partial charge is 0.192 e. The molecule has 90 heavy (non-hydrogen) atoms. The highest BCUT2D eigenvalue weighted by molar-refractivity contribution is 6.22. The van der Waals surface area contributed by atoms with Crippen molar-refractivity contribution in [3.63, 3.8) is 0 Å². The minimum absolute atomic E-state index is 0.898. The summed E-state index contributed by atoms with van der Waals surface area (Å²) in [6.45, 7) is 16.0. The van der Waals surface area contributed by atoms with Crippen molar-refractivity contribution in [3.8, 4) is 0 Å². The summed E-state index contributed by atoms with van der Waals surface area (Å²) in [7, 11) is 0. The zero-order valence-electron chi connectivity index (χ0n) is 50.6. The molecule has 16 heterocycles. The number of rotatable bonds is 0. The Morgan fingerprint density at radius 3 is 0.633 bits per heavy atom. The molecule has 0 N–H and O–H groups in total. The van der Waals surface area contributed by atoms with Gasteiger partial charge < -0.3 is 0 Å². The summed E-state index contributed by atoms with van der Waals surface area (Å²) in [6, 6.07) is 68.0. The topological polar surface area (TPSA) is 131 Å². The van der Waals surface area contributed by atoms with E-state index in [1.54, 1.807) is 0 Å². The number of fused-ring (bicyclic) bond motifs is 24. The molecule has 0 unspecified atom stereocenters. The molecular weight excluding hydrogens is 1110 g/mol. The van der Waals surface area contributed by atoms with Crippen LogP contribution in [-0.2, 0) is 11.8 Å². The number of benzene rings is 8. The number of aliphatic imine (C=N–C) groups is 4. The second-order valence-corrected chi connectivity index (χ2v) is 22.3. The molecule has 12 aliphatic rings. The molecule has 24 rings (SSSR count). The van der Waals surface area contributed by atoms with Gasteiger partial charge in [0.25, 0.3) is 46.7 Å². The minimum atomic E-state index is -0.923. The molecule has 0 bridgehead atoms. The van der Waals surface area contributed by atoms with Crippen molar-refractivity contribution < 1.29 is 18.3 Å². The molecule has 0 radical (unpaired) electrons. The maximum atomic E-state index is 5.42. The minimum Gasteiger partial charge on any atom is -0.192 e. The number of nitrogens with zero attached hydrogens (tertiary/aromatic N) is 16. The van der Waals surface area contributed by atoms with Gasteiger partial charge in [-0.05, 0) is 97.1 Å². The molecule has 0 saturated carbocycles. The van der Waals surface area contributed by atoms with Crippen LogP contribution in [0.4, 0.5) is 23.3 Å². The molecule has 4 aromatic heterocycles. The van der Waals surface area contributed by atoms with Gasteiger partial charge in [0.2, 0.25) is 45.2 Å². The SMILES string of the molecule is CC.CC.CC.CC.c1ccc2c(c1)C1=Nc3c4ccccc4c4n3C35n6c(c7ccccc7c6=NC6=[N+]3C(=N4)c3ccccc36)=NC2=[N+]15.c1ccc2c(c1)C1=Nc3c4ccccc4c4n3C35n6c(c7ccccc7c6=NC6=[N+]3C(=N4)c3ccccc36)=NC2=[N+]15. The number of aromatic nitrogens is 4. The van der Waals surface area contributed by atoms with Crippen molar-refractivity contribution in [2.45, 2.75) is 67.2 Å². The van der Waals surface area contributed by atoms with Crippen LogP contribution < -0.4 is 22.0 Å². The number of hydrogen-bond donors (Lipinski definition) is 0. The molecule has 0 amide bonds. The van der Waals surface area contributed by atoms with Gasteiger partial charge in [0, 0.05) is 43.1 Å². The van der Waals surface area contributed by atoms with Crippen molar-refractivity contribution in [1.29, 1.82) is 0 Å². The van der Waals surface area contributed by atoms with Crippen LogP contribution in [0.3, 0.4) is 0 Å². The van der Waals surface area contributed by atoms with Crippen molar-refractivity contribution in [2.75, 3.05) is 0 Å². The predicted molar refractivity (Wildman–Crippen MR) is 353 cm³/mol. The summed E-state index contributed by atoms with van der Waals surface area (Å²) in [5, 5.41) is 8.67. The maximum Gasteiger partial charge on any atom is 0.404 e. The molecule has 0 fully saturated rings. The molecule has 8 aromatic carbocycles. The van der Waals surface area contributed by atoms with E-state index < -0.39 is 11.8 Å². The first-order chi connectivity index (χ1) is 44.7. The summed E-state index contributed by atoms with van der Waals surface area (Å²) < 4.78 is 18.6. The Bertz CT molecular complexity index is 5300. The molecule has 2 spiro atoms. The Morgan fingerprint density at radius 2 is 0.411 bits per heavy atom. The van der Waals surface area contributed by atoms with E-state index in [2.05, 4.69) is 231 Å². The highest BCUT2D eigenvalue weighted by atomic mass is 15.7. The first-order valence-corrected chi connectivity index (χ1v) is 31.6. The number of amidine groups is 8. The molecule has 16 nitrogen and oxygen atoms in total. The second-order valence-electron chi connectivity index (χ2n) is 22.3. The lowest BCUT2D eigenvalue weighted by Gasteiger charge is -2.40. The van der Waals surface area contributed by atoms with E-state index in [9.17, 15) is 0 Å². The fraction of sp³-hybridized carbons (Fsp3) is 0.135. The van der Waals surface area contributed by atoms with Crippen LogP contribution in [0.25, 0.3) is 43.1 Å². The van der Waals surface area contributed by atoms with Gasteiger partial charge in [-0.15, -0.1) is 18.3 Å². The van der Waals surface area contributed by atoms with E-state index in [1.807, 2.05) is 55.4 Å². The fourth-order valence-electron chi connectivity index (χ4n) is 15.8. The van der Waals surface area contributed by atoms with E-state index >= 15 is 0 Å². The lowest BCUT2D eigenvalue weighted by molar-refractivity contribution is -0.791. The normalized spacial score (nSPS) is 17.1. The average Bonchev–Trinajstić information content (AvgIpc) is 1.45. The highest BCUT2D eigenvalue weighted by Crippen LogP contribution is 2.55. The Labute approximate surface area is 514 Å². The van der Waals surface area contributed by atoms with Crippen molar-refractivity contribution in [1.82, 2.24) is 18.3 Å². The summed E-state index contributed by atoms with van der Waals surface area (Å²) in [5.74, 6) is 8.93. The van der Waals surface area contributed by atoms with Gasteiger partial charge in [-0.3, -0.25) is 0 Å².